The van der Waals surface area contributed by atoms with E-state index in [1.165, 1.54) is 42.1 Å². The lowest BCUT2D eigenvalue weighted by Gasteiger charge is -2.35. The predicted octanol–water partition coefficient (Wildman–Crippen LogP) is 4.52. The summed E-state index contributed by atoms with van der Waals surface area (Å²) in [7, 11) is -2.18. The first-order chi connectivity index (χ1) is 20.1. The summed E-state index contributed by atoms with van der Waals surface area (Å²) in [5, 5.41) is 21.9. The summed E-state index contributed by atoms with van der Waals surface area (Å²) >= 11 is 1.27. The molecule has 2 aromatic heterocycles. The highest BCUT2D eigenvalue weighted by molar-refractivity contribution is 7.99. The molecular formula is C27H29N7O6S2. The van der Waals surface area contributed by atoms with Crippen molar-refractivity contribution in [2.45, 2.75) is 40.6 Å². The van der Waals surface area contributed by atoms with Crippen LogP contribution in [0, 0.1) is 17.0 Å². The van der Waals surface area contributed by atoms with Gasteiger partial charge in [0.2, 0.25) is 5.75 Å². The van der Waals surface area contributed by atoms with Gasteiger partial charge in [-0.15, -0.1) is 0 Å². The Balaban J connectivity index is 1.42. The minimum atomic E-state index is -3.74. The molecule has 1 aliphatic heterocycles. The van der Waals surface area contributed by atoms with Gasteiger partial charge in [0, 0.05) is 35.3 Å². The van der Waals surface area contributed by atoms with E-state index in [-0.39, 0.29) is 22.4 Å². The normalized spacial score (nSPS) is 15.4. The minimum absolute atomic E-state index is 0.0522. The number of sulfone groups is 1. The number of benzene rings is 2. The Hall–Kier alpha value is -4.21. The van der Waals surface area contributed by atoms with Gasteiger partial charge in [-0.25, -0.2) is 18.4 Å². The molecule has 0 amide bonds. The van der Waals surface area contributed by atoms with Gasteiger partial charge in [0.15, 0.2) is 32.4 Å². The number of nitrogens with zero attached hydrogens (tertiary/aromatic N) is 5. The van der Waals surface area contributed by atoms with Gasteiger partial charge in [0.25, 0.3) is 5.69 Å². The van der Waals surface area contributed by atoms with Crippen LogP contribution in [-0.2, 0) is 20.3 Å². The SMILES string of the molecule is COc1c(Nc2cc(C)[nH]n2)nc(Sc2ccc(S(=O)(=O)Cc3cccc([N+](=O)[O-])c3)cc2)nc1N1CCOC[C@H]1C. The molecule has 0 unspecified atom stereocenters. The monoisotopic (exact) mass is 611 g/mol. The number of non-ortho nitro benzene ring substituents is 1. The number of hydrogen-bond acceptors (Lipinski definition) is 12. The van der Waals surface area contributed by atoms with Crippen LogP contribution in [0.2, 0.25) is 0 Å². The van der Waals surface area contributed by atoms with Crippen molar-refractivity contribution in [1.82, 2.24) is 20.2 Å². The molecule has 0 saturated carbocycles. The number of aromatic nitrogens is 4. The smallest absolute Gasteiger partial charge is 0.269 e. The molecule has 13 nitrogen and oxygen atoms in total. The first-order valence-corrected chi connectivity index (χ1v) is 15.4. The molecule has 220 valence electrons. The van der Waals surface area contributed by atoms with Gasteiger partial charge in [-0.2, -0.15) is 5.10 Å². The average molecular weight is 612 g/mol. The maximum Gasteiger partial charge on any atom is 0.269 e. The number of nitro benzene ring substituents is 1. The number of rotatable bonds is 10. The summed E-state index contributed by atoms with van der Waals surface area (Å²) in [6, 6.07) is 13.9. The summed E-state index contributed by atoms with van der Waals surface area (Å²) in [5.74, 6) is 1.73. The molecule has 0 aliphatic carbocycles. The third-order valence-corrected chi connectivity index (χ3v) is 9.07. The quantitative estimate of drug-likeness (QED) is 0.146. The topological polar surface area (TPSA) is 165 Å². The zero-order valence-corrected chi connectivity index (χ0v) is 24.7. The van der Waals surface area contributed by atoms with Crippen molar-refractivity contribution >= 4 is 44.7 Å². The zero-order valence-electron chi connectivity index (χ0n) is 23.1. The highest BCUT2D eigenvalue weighted by atomic mass is 32.2. The molecule has 2 N–H and O–H groups in total. The molecule has 5 rings (SSSR count). The Morgan fingerprint density at radius 1 is 1.21 bits per heavy atom. The van der Waals surface area contributed by atoms with Crippen molar-refractivity contribution in [2.24, 2.45) is 0 Å². The van der Waals surface area contributed by atoms with Gasteiger partial charge in [0.1, 0.15) is 0 Å². The fraction of sp³-hybridized carbons (Fsp3) is 0.296. The van der Waals surface area contributed by atoms with Crippen molar-refractivity contribution in [2.75, 3.05) is 37.1 Å². The summed E-state index contributed by atoms with van der Waals surface area (Å²) in [4.78, 5) is 23.0. The van der Waals surface area contributed by atoms with Crippen LogP contribution in [0.4, 0.5) is 23.1 Å². The first kappa shape index (κ1) is 29.3. The summed E-state index contributed by atoms with van der Waals surface area (Å²) in [5.41, 5.74) is 1.06. The van der Waals surface area contributed by atoms with Crippen LogP contribution in [0.25, 0.3) is 0 Å². The molecule has 1 atom stereocenters. The zero-order chi connectivity index (χ0) is 29.9. The van der Waals surface area contributed by atoms with Crippen LogP contribution >= 0.6 is 11.8 Å². The molecule has 0 bridgehead atoms. The Kier molecular flexibility index (Phi) is 8.61. The number of morpholine rings is 1. The molecule has 1 aliphatic rings. The molecule has 15 heteroatoms. The molecule has 1 fully saturated rings. The standard InChI is InChI=1S/C27H29N7O6S2/c1-17-13-23(32-31-17)28-25-24(39-3)26(33-11-12-40-15-18(33)2)30-27(29-25)41-21-7-9-22(10-8-21)42(37,38)16-19-5-4-6-20(14-19)34(35)36/h4-10,13-14,18H,11-12,15-16H2,1-3H3,(H2,28,29,30,31,32)/t18-/m1/s1. The van der Waals surface area contributed by atoms with Crippen LogP contribution in [-0.4, -0.2) is 66.4 Å². The van der Waals surface area contributed by atoms with Crippen molar-refractivity contribution in [3.05, 3.63) is 76.0 Å². The molecule has 2 aromatic carbocycles. The lowest BCUT2D eigenvalue weighted by atomic mass is 10.2. The largest absolute Gasteiger partial charge is 0.490 e. The Morgan fingerprint density at radius 2 is 2.00 bits per heavy atom. The number of hydrogen-bond donors (Lipinski definition) is 2. The van der Waals surface area contributed by atoms with Crippen molar-refractivity contribution in [3.8, 4) is 5.75 Å². The maximum absolute atomic E-state index is 13.0. The first-order valence-electron chi connectivity index (χ1n) is 13.0. The van der Waals surface area contributed by atoms with Crippen LogP contribution < -0.4 is 15.0 Å². The van der Waals surface area contributed by atoms with Crippen molar-refractivity contribution in [1.29, 1.82) is 0 Å². The molecule has 1 saturated heterocycles. The van der Waals surface area contributed by atoms with Crippen LogP contribution in [0.3, 0.4) is 0 Å². The van der Waals surface area contributed by atoms with Gasteiger partial charge in [-0.05, 0) is 55.4 Å². The molecular weight excluding hydrogens is 582 g/mol. The number of H-pyrrole nitrogens is 1. The summed E-state index contributed by atoms with van der Waals surface area (Å²) in [6.07, 6.45) is 0. The van der Waals surface area contributed by atoms with Gasteiger partial charge in [-0.1, -0.05) is 12.1 Å². The van der Waals surface area contributed by atoms with Crippen LogP contribution in [0.1, 0.15) is 18.2 Å². The van der Waals surface area contributed by atoms with E-state index in [0.29, 0.717) is 53.7 Å². The van der Waals surface area contributed by atoms with E-state index < -0.39 is 14.8 Å². The number of nitro groups is 1. The van der Waals surface area contributed by atoms with E-state index in [4.69, 9.17) is 19.4 Å². The predicted molar refractivity (Wildman–Crippen MR) is 157 cm³/mol. The summed E-state index contributed by atoms with van der Waals surface area (Å²) < 4.78 is 37.5. The van der Waals surface area contributed by atoms with E-state index in [2.05, 4.69) is 20.4 Å². The van der Waals surface area contributed by atoms with E-state index >= 15 is 0 Å². The number of aromatic amines is 1. The number of ether oxygens (including phenoxy) is 2. The molecule has 3 heterocycles. The molecule has 0 radical (unpaired) electrons. The third-order valence-electron chi connectivity index (χ3n) is 6.49. The highest BCUT2D eigenvalue weighted by Crippen LogP contribution is 2.39. The lowest BCUT2D eigenvalue weighted by molar-refractivity contribution is -0.384. The van der Waals surface area contributed by atoms with Gasteiger partial charge in [-0.3, -0.25) is 15.2 Å². The van der Waals surface area contributed by atoms with E-state index in [0.717, 1.165) is 10.6 Å². The Bertz CT molecular complexity index is 1700. The number of anilines is 3. The van der Waals surface area contributed by atoms with E-state index in [1.807, 2.05) is 19.9 Å². The van der Waals surface area contributed by atoms with Gasteiger partial charge >= 0.3 is 0 Å². The van der Waals surface area contributed by atoms with E-state index in [1.54, 1.807) is 25.3 Å². The van der Waals surface area contributed by atoms with Gasteiger partial charge in [0.05, 0.1) is 41.9 Å². The minimum Gasteiger partial charge on any atom is -0.490 e. The fourth-order valence-electron chi connectivity index (χ4n) is 4.46. The molecule has 42 heavy (non-hydrogen) atoms. The second-order valence-corrected chi connectivity index (χ2v) is 12.7. The average Bonchev–Trinajstić information content (AvgIpc) is 3.37. The second kappa shape index (κ2) is 12.3. The van der Waals surface area contributed by atoms with Crippen LogP contribution in [0.5, 0.6) is 5.75 Å². The number of aryl methyl sites for hydroxylation is 1. The molecule has 4 aromatic rings. The lowest BCUT2D eigenvalue weighted by Crippen LogP contribution is -2.44. The van der Waals surface area contributed by atoms with Crippen molar-refractivity contribution in [3.63, 3.8) is 0 Å². The molecule has 0 spiro atoms. The van der Waals surface area contributed by atoms with Crippen LogP contribution in [0.15, 0.2) is 69.5 Å². The number of nitrogens with one attached hydrogen (secondary N) is 2. The third kappa shape index (κ3) is 6.64. The Morgan fingerprint density at radius 3 is 2.67 bits per heavy atom. The highest BCUT2D eigenvalue weighted by Gasteiger charge is 2.27. The fourth-order valence-corrected chi connectivity index (χ4v) is 6.55. The maximum atomic E-state index is 13.0. The second-order valence-electron chi connectivity index (χ2n) is 9.65. The van der Waals surface area contributed by atoms with E-state index in [9.17, 15) is 18.5 Å². The number of methoxy groups -OCH3 is 1. The van der Waals surface area contributed by atoms with Crippen molar-refractivity contribution < 1.29 is 22.8 Å². The summed E-state index contributed by atoms with van der Waals surface area (Å²) in [6.45, 7) is 5.66. The van der Waals surface area contributed by atoms with Gasteiger partial charge < -0.3 is 19.7 Å². The Labute approximate surface area is 246 Å².